The number of carbonyl (C=O) groups is 2. The van der Waals surface area contributed by atoms with E-state index in [9.17, 15) is 19.8 Å². The summed E-state index contributed by atoms with van der Waals surface area (Å²) in [5.74, 6) is -1.62. The number of ketones is 1. The minimum absolute atomic E-state index is 0.0526. The Morgan fingerprint density at radius 1 is 1.29 bits per heavy atom. The zero-order valence-corrected chi connectivity index (χ0v) is 14.8. The summed E-state index contributed by atoms with van der Waals surface area (Å²) < 4.78 is 0. The Balaban J connectivity index is 2.20. The van der Waals surface area contributed by atoms with Crippen molar-refractivity contribution in [1.29, 1.82) is 0 Å². The molecule has 132 valence electrons. The van der Waals surface area contributed by atoms with Crippen LogP contribution in [-0.2, 0) is 9.59 Å². The lowest BCUT2D eigenvalue weighted by Gasteiger charge is -2.59. The fraction of sp³-hybridized carbons (Fsp3) is 0.700. The summed E-state index contributed by atoms with van der Waals surface area (Å²) in [7, 11) is 0. The summed E-state index contributed by atoms with van der Waals surface area (Å²) in [6, 6.07) is 0. The molecular weight excluding hydrogens is 304 g/mol. The van der Waals surface area contributed by atoms with Gasteiger partial charge in [0.05, 0.1) is 6.10 Å². The molecular formula is C20H28O4. The van der Waals surface area contributed by atoms with E-state index in [1.165, 1.54) is 0 Å². The van der Waals surface area contributed by atoms with Crippen LogP contribution in [0.15, 0.2) is 24.3 Å². The van der Waals surface area contributed by atoms with Gasteiger partial charge in [-0.05, 0) is 42.6 Å². The minimum atomic E-state index is -1.25. The van der Waals surface area contributed by atoms with Crippen LogP contribution < -0.4 is 0 Å². The van der Waals surface area contributed by atoms with Crippen molar-refractivity contribution in [3.8, 4) is 0 Å². The molecule has 2 N–H and O–H groups in total. The van der Waals surface area contributed by atoms with Crippen LogP contribution in [0, 0.1) is 28.1 Å². The number of aliphatic hydroxyl groups is 1. The molecule has 3 aliphatic rings. The van der Waals surface area contributed by atoms with Gasteiger partial charge < -0.3 is 10.2 Å². The fourth-order valence-corrected chi connectivity index (χ4v) is 5.54. The second kappa shape index (κ2) is 5.29. The summed E-state index contributed by atoms with van der Waals surface area (Å²) in [6.45, 7) is 9.98. The first-order valence-electron chi connectivity index (χ1n) is 8.89. The van der Waals surface area contributed by atoms with Crippen LogP contribution in [0.4, 0.5) is 0 Å². The Hall–Kier alpha value is -1.42. The molecule has 3 aliphatic carbocycles. The molecule has 4 nitrogen and oxygen atoms in total. The topological polar surface area (TPSA) is 74.6 Å². The minimum Gasteiger partial charge on any atom is -0.481 e. The third-order valence-corrected chi connectivity index (χ3v) is 7.09. The van der Waals surface area contributed by atoms with Crippen molar-refractivity contribution in [3.05, 3.63) is 24.3 Å². The van der Waals surface area contributed by atoms with Gasteiger partial charge in [0, 0.05) is 17.8 Å². The van der Waals surface area contributed by atoms with Gasteiger partial charge in [0.15, 0.2) is 5.78 Å². The van der Waals surface area contributed by atoms with Crippen LogP contribution in [-0.4, -0.2) is 28.1 Å². The second-order valence-electron chi connectivity index (χ2n) is 8.86. The molecule has 0 amide bonds. The standard InChI is InChI=1S/C20H28O4/c1-5-19(4)9-6-13-12(11-19)14(21)10-15-18(2,3)8-7-16(22)20(13,15)17(23)24/h5,11,13,15-16,22H,1,6-10H2,2-4H3,(H,23,24). The van der Waals surface area contributed by atoms with E-state index in [-0.39, 0.29) is 29.0 Å². The van der Waals surface area contributed by atoms with Crippen molar-refractivity contribution < 1.29 is 19.8 Å². The van der Waals surface area contributed by atoms with Crippen molar-refractivity contribution >= 4 is 11.8 Å². The number of carboxylic acids is 1. The molecule has 0 aliphatic heterocycles. The largest absolute Gasteiger partial charge is 0.481 e. The molecule has 0 spiro atoms. The number of carboxylic acid groups (broad SMARTS) is 1. The van der Waals surface area contributed by atoms with Crippen LogP contribution in [0.3, 0.4) is 0 Å². The van der Waals surface area contributed by atoms with Gasteiger partial charge in [0.25, 0.3) is 0 Å². The number of fused-ring (bicyclic) bond motifs is 3. The molecule has 2 fully saturated rings. The van der Waals surface area contributed by atoms with Gasteiger partial charge in [-0.25, -0.2) is 0 Å². The average molecular weight is 332 g/mol. The molecule has 24 heavy (non-hydrogen) atoms. The highest BCUT2D eigenvalue weighted by Crippen LogP contribution is 2.63. The molecule has 0 aromatic carbocycles. The zero-order valence-electron chi connectivity index (χ0n) is 14.8. The molecule has 0 saturated heterocycles. The van der Waals surface area contributed by atoms with Gasteiger partial charge >= 0.3 is 5.97 Å². The van der Waals surface area contributed by atoms with Crippen molar-refractivity contribution in [3.63, 3.8) is 0 Å². The van der Waals surface area contributed by atoms with E-state index in [2.05, 4.69) is 6.58 Å². The lowest BCUT2D eigenvalue weighted by molar-refractivity contribution is -0.194. The first-order valence-corrected chi connectivity index (χ1v) is 8.89. The van der Waals surface area contributed by atoms with Crippen LogP contribution >= 0.6 is 0 Å². The van der Waals surface area contributed by atoms with Crippen molar-refractivity contribution in [1.82, 2.24) is 0 Å². The zero-order chi connectivity index (χ0) is 17.9. The van der Waals surface area contributed by atoms with Crippen molar-refractivity contribution in [2.45, 2.75) is 59.0 Å². The van der Waals surface area contributed by atoms with Crippen LogP contribution in [0.1, 0.15) is 52.9 Å². The molecule has 5 unspecified atom stereocenters. The van der Waals surface area contributed by atoms with Crippen LogP contribution in [0.2, 0.25) is 0 Å². The molecule has 0 bridgehead atoms. The Labute approximate surface area is 143 Å². The molecule has 2 saturated carbocycles. The number of allylic oxidation sites excluding steroid dienone is 3. The maximum absolute atomic E-state index is 12.9. The number of aliphatic hydroxyl groups excluding tert-OH is 1. The van der Waals surface area contributed by atoms with Gasteiger partial charge in [-0.1, -0.05) is 32.9 Å². The third-order valence-electron chi connectivity index (χ3n) is 7.09. The molecule has 0 aromatic heterocycles. The highest BCUT2D eigenvalue weighted by molar-refractivity contribution is 6.00. The predicted molar refractivity (Wildman–Crippen MR) is 91.3 cm³/mol. The Kier molecular flexibility index (Phi) is 3.83. The van der Waals surface area contributed by atoms with Crippen LogP contribution in [0.5, 0.6) is 0 Å². The van der Waals surface area contributed by atoms with E-state index >= 15 is 0 Å². The smallest absolute Gasteiger partial charge is 0.313 e. The Morgan fingerprint density at radius 3 is 2.54 bits per heavy atom. The lowest BCUT2D eigenvalue weighted by Crippen LogP contribution is -2.64. The summed E-state index contributed by atoms with van der Waals surface area (Å²) in [5, 5.41) is 21.1. The van der Waals surface area contributed by atoms with E-state index < -0.39 is 23.4 Å². The maximum Gasteiger partial charge on any atom is 0.313 e. The number of aliphatic carboxylic acids is 1. The van der Waals surface area contributed by atoms with Crippen LogP contribution in [0.25, 0.3) is 0 Å². The van der Waals surface area contributed by atoms with E-state index in [1.54, 1.807) is 0 Å². The fourth-order valence-electron chi connectivity index (χ4n) is 5.54. The Bertz CT molecular complexity index is 632. The van der Waals surface area contributed by atoms with Gasteiger partial charge in [-0.3, -0.25) is 9.59 Å². The number of Topliss-reactive ketones (excluding diaryl/α,β-unsaturated/α-hetero) is 1. The number of carbonyl (C=O) groups excluding carboxylic acids is 1. The first-order chi connectivity index (χ1) is 11.1. The number of rotatable bonds is 2. The molecule has 0 aromatic rings. The van der Waals surface area contributed by atoms with Crippen molar-refractivity contribution in [2.75, 3.05) is 0 Å². The SMILES string of the molecule is C=CC1(C)C=C2C(=O)CC3C(C)(C)CCC(O)C3(C(=O)O)C2CC1. The van der Waals surface area contributed by atoms with E-state index in [1.807, 2.05) is 32.9 Å². The van der Waals surface area contributed by atoms with Gasteiger partial charge in [-0.15, -0.1) is 6.58 Å². The molecule has 4 heteroatoms. The molecule has 0 heterocycles. The average Bonchev–Trinajstić information content (AvgIpc) is 2.52. The first kappa shape index (κ1) is 17.4. The van der Waals surface area contributed by atoms with E-state index in [0.29, 0.717) is 18.4 Å². The van der Waals surface area contributed by atoms with Gasteiger partial charge in [0.1, 0.15) is 5.41 Å². The second-order valence-corrected chi connectivity index (χ2v) is 8.86. The normalized spacial score (nSPS) is 44.1. The third kappa shape index (κ3) is 2.15. The summed E-state index contributed by atoms with van der Waals surface area (Å²) >= 11 is 0. The summed E-state index contributed by atoms with van der Waals surface area (Å²) in [4.78, 5) is 25.4. The van der Waals surface area contributed by atoms with Gasteiger partial charge in [-0.2, -0.15) is 0 Å². The lowest BCUT2D eigenvalue weighted by atomic mass is 9.43. The summed E-state index contributed by atoms with van der Waals surface area (Å²) in [5.41, 5.74) is -1.18. The van der Waals surface area contributed by atoms with Crippen molar-refractivity contribution in [2.24, 2.45) is 28.1 Å². The summed E-state index contributed by atoms with van der Waals surface area (Å²) in [6.07, 6.45) is 5.66. The predicted octanol–water partition coefficient (Wildman–Crippen LogP) is 3.36. The van der Waals surface area contributed by atoms with Gasteiger partial charge in [0.2, 0.25) is 0 Å². The molecule has 5 atom stereocenters. The highest BCUT2D eigenvalue weighted by Gasteiger charge is 2.66. The number of hydrogen-bond donors (Lipinski definition) is 2. The van der Waals surface area contributed by atoms with E-state index in [0.717, 1.165) is 12.8 Å². The maximum atomic E-state index is 12.9. The monoisotopic (exact) mass is 332 g/mol. The Morgan fingerprint density at radius 2 is 1.96 bits per heavy atom. The number of hydrogen-bond acceptors (Lipinski definition) is 3. The van der Waals surface area contributed by atoms with E-state index in [4.69, 9.17) is 0 Å². The highest BCUT2D eigenvalue weighted by atomic mass is 16.4. The molecule has 3 rings (SSSR count). The quantitative estimate of drug-likeness (QED) is 0.760. The molecule has 0 radical (unpaired) electrons.